The van der Waals surface area contributed by atoms with Gasteiger partial charge in [-0.05, 0) is 56.4 Å². The Morgan fingerprint density at radius 3 is 2.53 bits per heavy atom. The highest BCUT2D eigenvalue weighted by Crippen LogP contribution is 2.40. The summed E-state index contributed by atoms with van der Waals surface area (Å²) in [6.07, 6.45) is 0.823. The molecular weight excluding hydrogens is 598 g/mol. The maximum Gasteiger partial charge on any atom is 0.282 e. The number of sulfone groups is 1. The molecule has 9 nitrogen and oxygen atoms in total. The van der Waals surface area contributed by atoms with Crippen molar-refractivity contribution in [1.29, 1.82) is 5.26 Å². The van der Waals surface area contributed by atoms with Crippen LogP contribution in [0.4, 0.5) is 20.3 Å². The van der Waals surface area contributed by atoms with E-state index in [1.54, 1.807) is 0 Å². The van der Waals surface area contributed by atoms with E-state index in [0.29, 0.717) is 37.3 Å². The lowest BCUT2D eigenvalue weighted by Gasteiger charge is -2.40. The smallest absolute Gasteiger partial charge is 0.282 e. The first kappa shape index (κ1) is 29.8. The van der Waals surface area contributed by atoms with E-state index < -0.39 is 51.9 Å². The number of hydrogen-bond donors (Lipinski definition) is 2. The van der Waals surface area contributed by atoms with E-state index in [4.69, 9.17) is 11.6 Å². The van der Waals surface area contributed by atoms with E-state index in [2.05, 4.69) is 16.5 Å². The number of halogens is 3. The molecule has 0 radical (unpaired) electrons. The summed E-state index contributed by atoms with van der Waals surface area (Å²) in [5.74, 6) is -2.09. The fourth-order valence-electron chi connectivity index (χ4n) is 6.00. The molecule has 2 aliphatic heterocycles. The first-order chi connectivity index (χ1) is 20.4. The van der Waals surface area contributed by atoms with Crippen molar-refractivity contribution in [2.24, 2.45) is 0 Å². The SMILES string of the molecule is Cc1cc(N2C[C@H](S(=O)(=O)c3ccc(N4CC(F)(F)C4)cc3Cl)C[C@H]2C(O)NC2(C#N)CC2)n(CCc2ccccc2)n1. The molecule has 228 valence electrons. The van der Waals surface area contributed by atoms with E-state index in [0.717, 1.165) is 11.3 Å². The van der Waals surface area contributed by atoms with Gasteiger partial charge in [-0.25, -0.2) is 21.9 Å². The predicted octanol–water partition coefficient (Wildman–Crippen LogP) is 3.93. The molecule has 2 saturated heterocycles. The Labute approximate surface area is 254 Å². The quantitative estimate of drug-likeness (QED) is 0.324. The zero-order chi connectivity index (χ0) is 30.6. The number of hydrogen-bond acceptors (Lipinski definition) is 8. The van der Waals surface area contributed by atoms with Crippen LogP contribution in [0.15, 0.2) is 59.5 Å². The molecule has 2 aromatic carbocycles. The third-order valence-corrected chi connectivity index (χ3v) is 11.2. The molecule has 1 aromatic heterocycles. The molecule has 3 aliphatic rings. The monoisotopic (exact) mass is 630 g/mol. The van der Waals surface area contributed by atoms with Gasteiger partial charge in [0, 0.05) is 24.8 Å². The molecule has 0 amide bonds. The number of aromatic nitrogens is 2. The molecule has 43 heavy (non-hydrogen) atoms. The van der Waals surface area contributed by atoms with Crippen LogP contribution in [0.1, 0.15) is 30.5 Å². The van der Waals surface area contributed by atoms with E-state index in [-0.39, 0.29) is 22.9 Å². The van der Waals surface area contributed by atoms with Crippen LogP contribution in [0.25, 0.3) is 0 Å². The largest absolute Gasteiger partial charge is 0.376 e. The molecule has 0 spiro atoms. The van der Waals surface area contributed by atoms with Crippen LogP contribution in [0.3, 0.4) is 0 Å². The Morgan fingerprint density at radius 2 is 1.91 bits per heavy atom. The van der Waals surface area contributed by atoms with E-state index >= 15 is 0 Å². The zero-order valence-electron chi connectivity index (χ0n) is 23.6. The van der Waals surface area contributed by atoms with E-state index in [1.165, 1.54) is 23.1 Å². The number of nitriles is 1. The average molecular weight is 631 g/mol. The number of anilines is 2. The van der Waals surface area contributed by atoms with Crippen molar-refractivity contribution >= 4 is 32.9 Å². The van der Waals surface area contributed by atoms with Crippen molar-refractivity contribution in [1.82, 2.24) is 15.1 Å². The van der Waals surface area contributed by atoms with Crippen LogP contribution in [0, 0.1) is 18.3 Å². The van der Waals surface area contributed by atoms with E-state index in [9.17, 15) is 27.6 Å². The summed E-state index contributed by atoms with van der Waals surface area (Å²) >= 11 is 6.46. The summed E-state index contributed by atoms with van der Waals surface area (Å²) in [6, 6.07) is 17.7. The average Bonchev–Trinajstić information content (AvgIpc) is 3.40. The second-order valence-corrected chi connectivity index (χ2v) is 14.4. The van der Waals surface area contributed by atoms with Crippen molar-refractivity contribution in [3.8, 4) is 6.07 Å². The molecule has 2 N–H and O–H groups in total. The molecule has 13 heteroatoms. The highest BCUT2D eigenvalue weighted by molar-refractivity contribution is 7.92. The standard InChI is InChI=1S/C30H33ClF2N6O3S/c1-20-13-27(39(36-20)12-9-21-5-3-2-4-6-21)38-16-23(15-25(38)28(40)35-29(17-34)10-11-29)43(41,42)26-8-7-22(14-24(26)31)37-18-30(32,33)19-37/h2-8,13-14,23,25,28,35,40H,9-12,15-16,18-19H2,1H3/t23-,25+,28?/m1/s1. The Hall–Kier alpha value is -3.24. The number of aliphatic hydroxyl groups excluding tert-OH is 1. The lowest BCUT2D eigenvalue weighted by molar-refractivity contribution is -0.0262. The summed E-state index contributed by atoms with van der Waals surface area (Å²) in [5, 5.41) is 27.7. The Kier molecular flexibility index (Phi) is 7.65. The van der Waals surface area contributed by atoms with Gasteiger partial charge in [0.1, 0.15) is 17.6 Å². The highest BCUT2D eigenvalue weighted by Gasteiger charge is 2.50. The van der Waals surface area contributed by atoms with Gasteiger partial charge in [0.05, 0.1) is 46.1 Å². The minimum absolute atomic E-state index is 0.0356. The van der Waals surface area contributed by atoms with Crippen LogP contribution >= 0.6 is 11.6 Å². The van der Waals surface area contributed by atoms with Gasteiger partial charge in [-0.3, -0.25) is 5.32 Å². The molecule has 3 atom stereocenters. The fourth-order valence-corrected chi connectivity index (χ4v) is 8.26. The number of aliphatic hydroxyl groups is 1. The topological polar surface area (TPSA) is 114 Å². The molecular formula is C30H33ClF2N6O3S. The molecule has 3 aromatic rings. The van der Waals surface area contributed by atoms with Gasteiger partial charge in [-0.2, -0.15) is 10.4 Å². The number of rotatable bonds is 10. The summed E-state index contributed by atoms with van der Waals surface area (Å²) in [7, 11) is -4.00. The van der Waals surface area contributed by atoms with Gasteiger partial charge in [-0.15, -0.1) is 0 Å². The number of nitrogens with zero attached hydrogens (tertiary/aromatic N) is 5. The zero-order valence-corrected chi connectivity index (χ0v) is 25.2. The van der Waals surface area contributed by atoms with Crippen molar-refractivity contribution in [3.05, 3.63) is 70.9 Å². The van der Waals surface area contributed by atoms with Gasteiger partial charge in [0.15, 0.2) is 9.84 Å². The van der Waals surface area contributed by atoms with Crippen LogP contribution in [-0.4, -0.2) is 71.9 Å². The lowest BCUT2D eigenvalue weighted by Crippen LogP contribution is -2.56. The van der Waals surface area contributed by atoms with Gasteiger partial charge < -0.3 is 14.9 Å². The lowest BCUT2D eigenvalue weighted by atomic mass is 10.1. The van der Waals surface area contributed by atoms with E-state index in [1.807, 2.05) is 52.9 Å². The maximum absolute atomic E-state index is 14.0. The third kappa shape index (κ3) is 5.96. The van der Waals surface area contributed by atoms with Crippen molar-refractivity contribution in [2.45, 2.75) is 73.0 Å². The minimum atomic E-state index is -4.00. The van der Waals surface area contributed by atoms with Crippen molar-refractivity contribution in [3.63, 3.8) is 0 Å². The first-order valence-electron chi connectivity index (χ1n) is 14.3. The molecule has 1 aliphatic carbocycles. The molecule has 0 bridgehead atoms. The van der Waals surface area contributed by atoms with Crippen LogP contribution in [0.5, 0.6) is 0 Å². The van der Waals surface area contributed by atoms with Gasteiger partial charge in [0.25, 0.3) is 5.92 Å². The second-order valence-electron chi connectivity index (χ2n) is 11.8. The summed E-state index contributed by atoms with van der Waals surface area (Å²) in [5.41, 5.74) is 1.50. The Balaban J connectivity index is 1.28. The third-order valence-electron chi connectivity index (χ3n) is 8.56. The molecule has 3 fully saturated rings. The molecule has 3 heterocycles. The predicted molar refractivity (Wildman–Crippen MR) is 159 cm³/mol. The first-order valence-corrected chi connectivity index (χ1v) is 16.2. The van der Waals surface area contributed by atoms with Crippen molar-refractivity contribution < 1.29 is 22.3 Å². The summed E-state index contributed by atoms with van der Waals surface area (Å²) in [6.45, 7) is 1.59. The van der Waals surface area contributed by atoms with Crippen LogP contribution in [0.2, 0.25) is 5.02 Å². The Morgan fingerprint density at radius 1 is 1.19 bits per heavy atom. The molecule has 1 unspecified atom stereocenters. The summed E-state index contributed by atoms with van der Waals surface area (Å²) < 4.78 is 56.6. The maximum atomic E-state index is 14.0. The highest BCUT2D eigenvalue weighted by atomic mass is 35.5. The fraction of sp³-hybridized carbons (Fsp3) is 0.467. The van der Waals surface area contributed by atoms with Crippen molar-refractivity contribution in [2.75, 3.05) is 29.4 Å². The minimum Gasteiger partial charge on any atom is -0.376 e. The second kappa shape index (κ2) is 11.0. The normalized spacial score (nSPS) is 23.1. The van der Waals surface area contributed by atoms with Gasteiger partial charge in [0.2, 0.25) is 0 Å². The number of nitrogens with one attached hydrogen (secondary N) is 1. The molecule has 1 saturated carbocycles. The van der Waals surface area contributed by atoms with Crippen LogP contribution < -0.4 is 15.1 Å². The van der Waals surface area contributed by atoms with Crippen LogP contribution in [-0.2, 0) is 22.8 Å². The summed E-state index contributed by atoms with van der Waals surface area (Å²) in [4.78, 5) is 3.23. The number of alkyl halides is 2. The number of benzene rings is 2. The Bertz CT molecular complexity index is 1650. The number of aryl methyl sites for hydroxylation is 3. The van der Waals surface area contributed by atoms with Gasteiger partial charge in [-0.1, -0.05) is 41.9 Å². The van der Waals surface area contributed by atoms with Gasteiger partial charge >= 0.3 is 0 Å². The molecule has 6 rings (SSSR count).